The summed E-state index contributed by atoms with van der Waals surface area (Å²) in [6.45, 7) is 2.00. The lowest BCUT2D eigenvalue weighted by Crippen LogP contribution is -2.29. The third kappa shape index (κ3) is 3.27. The van der Waals surface area contributed by atoms with Crippen LogP contribution in [0.1, 0.15) is 17.3 Å². The second kappa shape index (κ2) is 5.55. The first kappa shape index (κ1) is 12.6. The highest BCUT2D eigenvalue weighted by Gasteiger charge is 2.10. The van der Waals surface area contributed by atoms with Crippen LogP contribution in [0.5, 0.6) is 0 Å². The number of nitrogens with one attached hydrogen (secondary N) is 1. The first-order chi connectivity index (χ1) is 7.54. The molecule has 1 rings (SSSR count). The van der Waals surface area contributed by atoms with E-state index < -0.39 is 17.5 Å². The van der Waals surface area contributed by atoms with Crippen molar-refractivity contribution < 1.29 is 18.7 Å². The third-order valence-electron chi connectivity index (χ3n) is 2.10. The van der Waals surface area contributed by atoms with Crippen molar-refractivity contribution in [1.29, 1.82) is 0 Å². The molecule has 5 heteroatoms. The number of hydrogen-bond acceptors (Lipinski definition) is 2. The van der Waals surface area contributed by atoms with Crippen LogP contribution in [0.15, 0.2) is 18.2 Å². The molecule has 0 heterocycles. The van der Waals surface area contributed by atoms with Crippen LogP contribution in [-0.2, 0) is 0 Å². The molecule has 0 aliphatic rings. The highest BCUT2D eigenvalue weighted by molar-refractivity contribution is 5.94. The summed E-state index contributed by atoms with van der Waals surface area (Å²) < 4.78 is 25.4. The summed E-state index contributed by atoms with van der Waals surface area (Å²) in [7, 11) is 0. The molecule has 16 heavy (non-hydrogen) atoms. The molecule has 0 aliphatic carbocycles. The van der Waals surface area contributed by atoms with Crippen molar-refractivity contribution in [2.45, 2.75) is 6.92 Å². The molecule has 88 valence electrons. The van der Waals surface area contributed by atoms with Crippen LogP contribution in [0, 0.1) is 17.6 Å². The van der Waals surface area contributed by atoms with E-state index in [2.05, 4.69) is 5.32 Å². The Morgan fingerprint density at radius 2 is 2.12 bits per heavy atom. The Hall–Kier alpha value is -1.49. The summed E-state index contributed by atoms with van der Waals surface area (Å²) in [5, 5.41) is 11.2. The Balaban J connectivity index is 2.63. The molecular formula is C11H13F2NO2. The summed E-state index contributed by atoms with van der Waals surface area (Å²) in [6.07, 6.45) is 0. The average molecular weight is 229 g/mol. The first-order valence-corrected chi connectivity index (χ1v) is 4.88. The molecule has 0 fully saturated rings. The van der Waals surface area contributed by atoms with Gasteiger partial charge < -0.3 is 10.4 Å². The first-order valence-electron chi connectivity index (χ1n) is 4.88. The molecule has 0 aliphatic heterocycles. The van der Waals surface area contributed by atoms with Gasteiger partial charge in [0.15, 0.2) is 11.6 Å². The normalized spacial score (nSPS) is 12.2. The average Bonchev–Trinajstić information content (AvgIpc) is 2.29. The number of hydrogen-bond donors (Lipinski definition) is 2. The Labute approximate surface area is 92.1 Å². The Kier molecular flexibility index (Phi) is 4.37. The van der Waals surface area contributed by atoms with Gasteiger partial charge >= 0.3 is 0 Å². The van der Waals surface area contributed by atoms with E-state index in [1.54, 1.807) is 6.92 Å². The van der Waals surface area contributed by atoms with E-state index in [4.69, 9.17) is 5.11 Å². The molecule has 1 amide bonds. The minimum absolute atomic E-state index is 0.0436. The smallest absolute Gasteiger partial charge is 0.251 e. The predicted octanol–water partition coefficient (Wildman–Crippen LogP) is 1.32. The summed E-state index contributed by atoms with van der Waals surface area (Å²) in [6, 6.07) is 2.95. The molecular weight excluding hydrogens is 216 g/mol. The maximum Gasteiger partial charge on any atom is 0.251 e. The van der Waals surface area contributed by atoms with Gasteiger partial charge in [-0.3, -0.25) is 4.79 Å². The number of aliphatic hydroxyl groups is 1. The van der Waals surface area contributed by atoms with Crippen LogP contribution in [0.4, 0.5) is 8.78 Å². The van der Waals surface area contributed by atoms with Crippen LogP contribution in [0.25, 0.3) is 0 Å². The number of amides is 1. The summed E-state index contributed by atoms with van der Waals surface area (Å²) in [5.41, 5.74) is 0.0593. The van der Waals surface area contributed by atoms with Crippen molar-refractivity contribution >= 4 is 5.91 Å². The van der Waals surface area contributed by atoms with Crippen molar-refractivity contribution in [3.63, 3.8) is 0 Å². The Morgan fingerprint density at radius 3 is 2.69 bits per heavy atom. The van der Waals surface area contributed by atoms with Gasteiger partial charge in [0.25, 0.3) is 5.91 Å². The van der Waals surface area contributed by atoms with Crippen molar-refractivity contribution in [2.24, 2.45) is 5.92 Å². The molecule has 2 N–H and O–H groups in total. The van der Waals surface area contributed by atoms with Crippen LogP contribution in [0.3, 0.4) is 0 Å². The topological polar surface area (TPSA) is 49.3 Å². The lowest BCUT2D eigenvalue weighted by Gasteiger charge is -2.09. The largest absolute Gasteiger partial charge is 0.396 e. The van der Waals surface area contributed by atoms with Gasteiger partial charge in [0.1, 0.15) is 0 Å². The third-order valence-corrected chi connectivity index (χ3v) is 2.10. The monoisotopic (exact) mass is 229 g/mol. The van der Waals surface area contributed by atoms with Gasteiger partial charge in [-0.2, -0.15) is 0 Å². The lowest BCUT2D eigenvalue weighted by atomic mass is 10.1. The molecule has 1 aromatic rings. The molecule has 1 atom stereocenters. The van der Waals surface area contributed by atoms with Crippen LogP contribution in [-0.4, -0.2) is 24.2 Å². The zero-order chi connectivity index (χ0) is 12.1. The summed E-state index contributed by atoms with van der Waals surface area (Å²) in [5.74, 6) is -2.60. The van der Waals surface area contributed by atoms with Gasteiger partial charge in [-0.15, -0.1) is 0 Å². The fourth-order valence-corrected chi connectivity index (χ4v) is 1.07. The number of aliphatic hydroxyl groups excluding tert-OH is 1. The van der Waals surface area contributed by atoms with E-state index in [0.29, 0.717) is 0 Å². The lowest BCUT2D eigenvalue weighted by molar-refractivity contribution is 0.0941. The predicted molar refractivity (Wildman–Crippen MR) is 54.9 cm³/mol. The number of carbonyl (C=O) groups excluding carboxylic acids is 1. The fraction of sp³-hybridized carbons (Fsp3) is 0.364. The standard InChI is InChI=1S/C11H13F2NO2/c1-7(6-15)5-14-11(16)8-2-3-9(12)10(13)4-8/h2-4,7,15H,5-6H2,1H3,(H,14,16). The van der Waals surface area contributed by atoms with Crippen LogP contribution < -0.4 is 5.32 Å². The van der Waals surface area contributed by atoms with Gasteiger partial charge in [-0.25, -0.2) is 8.78 Å². The van der Waals surface area contributed by atoms with Gasteiger partial charge in [-0.05, 0) is 24.1 Å². The molecule has 1 unspecified atom stereocenters. The molecule has 0 aromatic heterocycles. The summed E-state index contributed by atoms with van der Waals surface area (Å²) in [4.78, 5) is 11.4. The van der Waals surface area contributed by atoms with E-state index in [1.807, 2.05) is 0 Å². The van der Waals surface area contributed by atoms with Crippen molar-refractivity contribution in [3.05, 3.63) is 35.4 Å². The van der Waals surface area contributed by atoms with Crippen molar-refractivity contribution in [1.82, 2.24) is 5.32 Å². The van der Waals surface area contributed by atoms with Gasteiger partial charge in [0.2, 0.25) is 0 Å². The second-order valence-electron chi connectivity index (χ2n) is 3.63. The quantitative estimate of drug-likeness (QED) is 0.818. The Bertz CT molecular complexity index is 382. The molecule has 0 saturated heterocycles. The van der Waals surface area contributed by atoms with Gasteiger partial charge in [0, 0.05) is 18.7 Å². The zero-order valence-corrected chi connectivity index (χ0v) is 8.84. The minimum atomic E-state index is -1.05. The molecule has 0 saturated carbocycles. The number of benzene rings is 1. The summed E-state index contributed by atoms with van der Waals surface area (Å²) >= 11 is 0. The zero-order valence-electron chi connectivity index (χ0n) is 8.84. The van der Waals surface area contributed by atoms with Crippen LogP contribution >= 0.6 is 0 Å². The van der Waals surface area contributed by atoms with Gasteiger partial charge in [0.05, 0.1) is 0 Å². The van der Waals surface area contributed by atoms with Crippen molar-refractivity contribution in [2.75, 3.05) is 13.2 Å². The Morgan fingerprint density at radius 1 is 1.44 bits per heavy atom. The highest BCUT2D eigenvalue weighted by atomic mass is 19.2. The number of carbonyl (C=O) groups is 1. The van der Waals surface area contributed by atoms with Gasteiger partial charge in [-0.1, -0.05) is 6.92 Å². The minimum Gasteiger partial charge on any atom is -0.396 e. The molecule has 0 spiro atoms. The SMILES string of the molecule is CC(CO)CNC(=O)c1ccc(F)c(F)c1. The maximum atomic E-state index is 12.8. The second-order valence-corrected chi connectivity index (χ2v) is 3.63. The fourth-order valence-electron chi connectivity index (χ4n) is 1.07. The van der Waals surface area contributed by atoms with E-state index in [1.165, 1.54) is 6.07 Å². The van der Waals surface area contributed by atoms with Crippen LogP contribution in [0.2, 0.25) is 0 Å². The van der Waals surface area contributed by atoms with E-state index >= 15 is 0 Å². The number of halogens is 2. The number of rotatable bonds is 4. The molecule has 0 bridgehead atoms. The maximum absolute atomic E-state index is 12.8. The molecule has 1 aromatic carbocycles. The molecule has 3 nitrogen and oxygen atoms in total. The highest BCUT2D eigenvalue weighted by Crippen LogP contribution is 2.08. The van der Waals surface area contributed by atoms with E-state index in [0.717, 1.165) is 12.1 Å². The molecule has 0 radical (unpaired) electrons. The van der Waals surface area contributed by atoms with E-state index in [9.17, 15) is 13.6 Å². The van der Waals surface area contributed by atoms with Crippen molar-refractivity contribution in [3.8, 4) is 0 Å². The van der Waals surface area contributed by atoms with E-state index in [-0.39, 0.29) is 24.6 Å².